The predicted octanol–water partition coefficient (Wildman–Crippen LogP) is 2.83. The number of rotatable bonds is 3. The molecule has 1 aromatic carbocycles. The van der Waals surface area contributed by atoms with E-state index in [1.807, 2.05) is 0 Å². The van der Waals surface area contributed by atoms with Gasteiger partial charge < -0.3 is 9.84 Å². The van der Waals surface area contributed by atoms with Crippen molar-refractivity contribution < 1.29 is 18.6 Å². The average molecular weight is 281 g/mol. The van der Waals surface area contributed by atoms with Gasteiger partial charge in [-0.1, -0.05) is 6.92 Å². The summed E-state index contributed by atoms with van der Waals surface area (Å²) in [5.74, 6) is -2.24. The maximum absolute atomic E-state index is 13.5. The zero-order valence-corrected chi connectivity index (χ0v) is 9.94. The van der Waals surface area contributed by atoms with Crippen LogP contribution in [0.15, 0.2) is 10.5 Å². The molecule has 0 saturated carbocycles. The van der Waals surface area contributed by atoms with Gasteiger partial charge in [-0.05, 0) is 22.0 Å². The van der Waals surface area contributed by atoms with E-state index in [4.69, 9.17) is 9.84 Å². The summed E-state index contributed by atoms with van der Waals surface area (Å²) in [5.41, 5.74) is 0.0480. The molecule has 1 atom stereocenters. The summed E-state index contributed by atoms with van der Waals surface area (Å²) in [6, 6.07) is 1.00. The first-order valence-electron chi connectivity index (χ1n) is 4.35. The second-order valence-electron chi connectivity index (χ2n) is 3.18. The zero-order valence-electron chi connectivity index (χ0n) is 8.35. The fourth-order valence-corrected chi connectivity index (χ4v) is 1.91. The van der Waals surface area contributed by atoms with Crippen molar-refractivity contribution >= 4 is 15.9 Å². The molecule has 0 aliphatic heterocycles. The molecule has 0 spiro atoms. The molecular formula is C10H11BrF2O2. The van der Waals surface area contributed by atoms with Crippen LogP contribution in [0.5, 0.6) is 5.75 Å². The SMILES string of the molecule is COc1c(Br)cc(F)c(F)c1C(C)CO. The molecule has 0 aliphatic carbocycles. The largest absolute Gasteiger partial charge is 0.495 e. The lowest BCUT2D eigenvalue weighted by atomic mass is 10.00. The molecule has 1 rings (SSSR count). The van der Waals surface area contributed by atoms with Gasteiger partial charge in [0.2, 0.25) is 0 Å². The van der Waals surface area contributed by atoms with Crippen LogP contribution in [0.1, 0.15) is 18.4 Å². The van der Waals surface area contributed by atoms with Crippen LogP contribution < -0.4 is 4.74 Å². The Morgan fingerprint density at radius 2 is 2.13 bits per heavy atom. The van der Waals surface area contributed by atoms with Crippen LogP contribution in [0, 0.1) is 11.6 Å². The van der Waals surface area contributed by atoms with Gasteiger partial charge in [-0.2, -0.15) is 0 Å². The molecule has 1 unspecified atom stereocenters. The van der Waals surface area contributed by atoms with E-state index in [0.717, 1.165) is 6.07 Å². The van der Waals surface area contributed by atoms with Gasteiger partial charge in [0.15, 0.2) is 11.6 Å². The summed E-state index contributed by atoms with van der Waals surface area (Å²) in [7, 11) is 1.37. The van der Waals surface area contributed by atoms with E-state index >= 15 is 0 Å². The number of hydrogen-bond acceptors (Lipinski definition) is 2. The molecule has 2 nitrogen and oxygen atoms in total. The smallest absolute Gasteiger partial charge is 0.166 e. The number of halogens is 3. The summed E-state index contributed by atoms with van der Waals surface area (Å²) in [6.45, 7) is 1.32. The van der Waals surface area contributed by atoms with Crippen molar-refractivity contribution in [3.8, 4) is 5.75 Å². The maximum Gasteiger partial charge on any atom is 0.166 e. The third-order valence-corrected chi connectivity index (χ3v) is 2.72. The van der Waals surface area contributed by atoms with Crippen molar-refractivity contribution in [2.45, 2.75) is 12.8 Å². The topological polar surface area (TPSA) is 29.5 Å². The normalized spacial score (nSPS) is 12.7. The highest BCUT2D eigenvalue weighted by Crippen LogP contribution is 2.36. The van der Waals surface area contributed by atoms with Gasteiger partial charge in [-0.15, -0.1) is 0 Å². The Morgan fingerprint density at radius 3 is 2.60 bits per heavy atom. The standard InChI is InChI=1S/C10H11BrF2O2/c1-5(4-14)8-9(13)7(12)3-6(11)10(8)15-2/h3,5,14H,4H2,1-2H3. The molecule has 0 saturated heterocycles. The zero-order chi connectivity index (χ0) is 11.6. The number of hydrogen-bond donors (Lipinski definition) is 1. The molecule has 5 heteroatoms. The van der Waals surface area contributed by atoms with Crippen LogP contribution in [0.2, 0.25) is 0 Å². The fourth-order valence-electron chi connectivity index (χ4n) is 1.34. The highest BCUT2D eigenvalue weighted by atomic mass is 79.9. The lowest BCUT2D eigenvalue weighted by Crippen LogP contribution is -2.07. The highest BCUT2D eigenvalue weighted by Gasteiger charge is 2.22. The van der Waals surface area contributed by atoms with Crippen molar-refractivity contribution in [3.05, 3.63) is 27.7 Å². The third kappa shape index (κ3) is 2.29. The van der Waals surface area contributed by atoms with Crippen LogP contribution in [0.4, 0.5) is 8.78 Å². The average Bonchev–Trinajstić information content (AvgIpc) is 2.21. The quantitative estimate of drug-likeness (QED) is 0.863. The van der Waals surface area contributed by atoms with E-state index in [9.17, 15) is 8.78 Å². The second-order valence-corrected chi connectivity index (χ2v) is 4.04. The summed E-state index contributed by atoms with van der Waals surface area (Å²) in [5, 5.41) is 8.95. The van der Waals surface area contributed by atoms with E-state index < -0.39 is 17.6 Å². The molecule has 0 radical (unpaired) electrons. The molecule has 0 amide bonds. The molecule has 0 aromatic heterocycles. The van der Waals surface area contributed by atoms with Crippen LogP contribution >= 0.6 is 15.9 Å². The summed E-state index contributed by atoms with van der Waals surface area (Å²) in [4.78, 5) is 0. The van der Waals surface area contributed by atoms with Crippen LogP contribution in [-0.4, -0.2) is 18.8 Å². The Labute approximate surface area is 95.0 Å². The van der Waals surface area contributed by atoms with Crippen molar-refractivity contribution in [2.24, 2.45) is 0 Å². The Bertz CT molecular complexity index is 369. The molecule has 15 heavy (non-hydrogen) atoms. The monoisotopic (exact) mass is 280 g/mol. The number of aliphatic hydroxyl groups excluding tert-OH is 1. The van der Waals surface area contributed by atoms with Gasteiger partial charge >= 0.3 is 0 Å². The summed E-state index contributed by atoms with van der Waals surface area (Å²) >= 11 is 3.08. The molecule has 1 aromatic rings. The molecule has 84 valence electrons. The fraction of sp³-hybridized carbons (Fsp3) is 0.400. The summed E-state index contributed by atoms with van der Waals surface area (Å²) < 4.78 is 31.9. The van der Waals surface area contributed by atoms with Gasteiger partial charge in [0.25, 0.3) is 0 Å². The highest BCUT2D eigenvalue weighted by molar-refractivity contribution is 9.10. The molecular weight excluding hydrogens is 270 g/mol. The minimum atomic E-state index is -0.975. The van der Waals surface area contributed by atoms with Gasteiger partial charge in [0, 0.05) is 18.1 Å². The van der Waals surface area contributed by atoms with Gasteiger partial charge in [0.05, 0.1) is 11.6 Å². The maximum atomic E-state index is 13.5. The van der Waals surface area contributed by atoms with Crippen molar-refractivity contribution in [2.75, 3.05) is 13.7 Å². The van der Waals surface area contributed by atoms with Gasteiger partial charge in [-0.25, -0.2) is 8.78 Å². The van der Waals surface area contributed by atoms with Crippen molar-refractivity contribution in [1.82, 2.24) is 0 Å². The number of aliphatic hydroxyl groups is 1. The van der Waals surface area contributed by atoms with Gasteiger partial charge in [0.1, 0.15) is 5.75 Å². The van der Waals surface area contributed by atoms with E-state index in [1.54, 1.807) is 6.92 Å². The van der Waals surface area contributed by atoms with Crippen molar-refractivity contribution in [3.63, 3.8) is 0 Å². The minimum Gasteiger partial charge on any atom is -0.495 e. The van der Waals surface area contributed by atoms with E-state index in [-0.39, 0.29) is 17.9 Å². The molecule has 0 fully saturated rings. The van der Waals surface area contributed by atoms with Gasteiger partial charge in [-0.3, -0.25) is 0 Å². The number of benzene rings is 1. The second kappa shape index (κ2) is 4.90. The lowest BCUT2D eigenvalue weighted by molar-refractivity contribution is 0.265. The Hall–Kier alpha value is -0.680. The van der Waals surface area contributed by atoms with E-state index in [0.29, 0.717) is 4.47 Å². The van der Waals surface area contributed by atoms with E-state index in [1.165, 1.54) is 7.11 Å². The molecule has 0 bridgehead atoms. The van der Waals surface area contributed by atoms with Crippen LogP contribution in [0.25, 0.3) is 0 Å². The van der Waals surface area contributed by atoms with E-state index in [2.05, 4.69) is 15.9 Å². The first-order chi connectivity index (χ1) is 7.02. The first-order valence-corrected chi connectivity index (χ1v) is 5.14. The van der Waals surface area contributed by atoms with Crippen LogP contribution in [0.3, 0.4) is 0 Å². The first kappa shape index (κ1) is 12.4. The lowest BCUT2D eigenvalue weighted by Gasteiger charge is -2.16. The predicted molar refractivity (Wildman–Crippen MR) is 56.1 cm³/mol. The molecule has 1 N–H and O–H groups in total. The Morgan fingerprint density at radius 1 is 1.53 bits per heavy atom. The van der Waals surface area contributed by atoms with Crippen LogP contribution in [-0.2, 0) is 0 Å². The Kier molecular flexibility index (Phi) is 4.04. The third-order valence-electron chi connectivity index (χ3n) is 2.13. The summed E-state index contributed by atoms with van der Waals surface area (Å²) in [6.07, 6.45) is 0. The molecule has 0 heterocycles. The Balaban J connectivity index is 3.43. The molecule has 0 aliphatic rings. The minimum absolute atomic E-state index is 0.0480. The number of methoxy groups -OCH3 is 1. The number of ether oxygens (including phenoxy) is 1. The van der Waals surface area contributed by atoms with Crippen molar-refractivity contribution in [1.29, 1.82) is 0 Å².